The van der Waals surface area contributed by atoms with Gasteiger partial charge in [-0.25, -0.2) is 4.39 Å². The molecule has 3 heteroatoms. The van der Waals surface area contributed by atoms with Crippen molar-refractivity contribution in [1.82, 2.24) is 4.98 Å². The molecule has 3 rings (SSSR count). The molecule has 3 aromatic rings. The van der Waals surface area contributed by atoms with E-state index in [0.717, 1.165) is 16.7 Å². The van der Waals surface area contributed by atoms with Crippen molar-refractivity contribution in [3.05, 3.63) is 71.7 Å². The molecule has 0 aliphatic heterocycles. The molecule has 0 unspecified atom stereocenters. The zero-order valence-electron chi connectivity index (χ0n) is 13.6. The summed E-state index contributed by atoms with van der Waals surface area (Å²) in [7, 11) is 0. The summed E-state index contributed by atoms with van der Waals surface area (Å²) in [5.41, 5.74) is 2.70. The third kappa shape index (κ3) is 3.34. The van der Waals surface area contributed by atoms with Crippen LogP contribution in [-0.4, -0.2) is 4.98 Å². The van der Waals surface area contributed by atoms with Gasteiger partial charge in [0.25, 0.3) is 0 Å². The first-order valence-electron chi connectivity index (χ1n) is 7.70. The van der Waals surface area contributed by atoms with Crippen LogP contribution in [0.5, 0.6) is 5.75 Å². The smallest absolute Gasteiger partial charge is 0.149 e. The normalized spacial score (nSPS) is 11.7. The Morgan fingerprint density at radius 1 is 1.00 bits per heavy atom. The summed E-state index contributed by atoms with van der Waals surface area (Å²) in [6.45, 7) is 6.93. The highest BCUT2D eigenvalue weighted by Crippen LogP contribution is 2.25. The Morgan fingerprint density at radius 3 is 2.43 bits per heavy atom. The number of hydrogen-bond acceptors (Lipinski definition) is 2. The third-order valence-corrected chi connectivity index (χ3v) is 3.93. The van der Waals surface area contributed by atoms with Gasteiger partial charge in [0.15, 0.2) is 0 Å². The van der Waals surface area contributed by atoms with Crippen LogP contribution >= 0.6 is 0 Å². The lowest BCUT2D eigenvalue weighted by Crippen LogP contribution is -2.10. The van der Waals surface area contributed by atoms with Crippen LogP contribution in [0.3, 0.4) is 0 Å². The maximum Gasteiger partial charge on any atom is 0.149 e. The molecule has 0 amide bonds. The molecule has 118 valence electrons. The molecule has 2 aromatic carbocycles. The summed E-state index contributed by atoms with van der Waals surface area (Å²) in [5, 5.41) is 0.791. The molecule has 1 heterocycles. The Morgan fingerprint density at radius 2 is 1.74 bits per heavy atom. The van der Waals surface area contributed by atoms with Gasteiger partial charge < -0.3 is 4.74 Å². The molecule has 23 heavy (non-hydrogen) atoms. The predicted octanol–water partition coefficient (Wildman–Crippen LogP) is 5.25. The van der Waals surface area contributed by atoms with Crippen molar-refractivity contribution in [3.63, 3.8) is 0 Å². The van der Waals surface area contributed by atoms with Crippen LogP contribution in [0, 0.1) is 5.82 Å². The van der Waals surface area contributed by atoms with E-state index in [4.69, 9.17) is 4.74 Å². The van der Waals surface area contributed by atoms with E-state index < -0.39 is 0 Å². The van der Waals surface area contributed by atoms with E-state index in [0.29, 0.717) is 12.1 Å². The third-order valence-electron chi connectivity index (χ3n) is 3.93. The molecule has 2 nitrogen and oxygen atoms in total. The molecular weight excluding hydrogens is 289 g/mol. The fourth-order valence-electron chi connectivity index (χ4n) is 2.54. The number of rotatable bonds is 3. The van der Waals surface area contributed by atoms with Crippen LogP contribution in [0.4, 0.5) is 4.39 Å². The van der Waals surface area contributed by atoms with Crippen LogP contribution in [-0.2, 0) is 12.0 Å². The SMILES string of the molecule is CC(C)(C)c1ccc(OCc2ccnc3c(F)cccc23)cc1. The molecular formula is C20H20FNO. The number of benzene rings is 2. The van der Waals surface area contributed by atoms with Gasteiger partial charge in [0.1, 0.15) is 23.7 Å². The van der Waals surface area contributed by atoms with Gasteiger partial charge in [-0.15, -0.1) is 0 Å². The monoisotopic (exact) mass is 309 g/mol. The first-order valence-corrected chi connectivity index (χ1v) is 7.70. The first kappa shape index (κ1) is 15.5. The quantitative estimate of drug-likeness (QED) is 0.659. The van der Waals surface area contributed by atoms with Crippen LogP contribution in [0.25, 0.3) is 10.9 Å². The van der Waals surface area contributed by atoms with Crippen LogP contribution in [0.15, 0.2) is 54.7 Å². The van der Waals surface area contributed by atoms with E-state index in [2.05, 4.69) is 37.9 Å². The number of aromatic nitrogens is 1. The highest BCUT2D eigenvalue weighted by atomic mass is 19.1. The average Bonchev–Trinajstić information content (AvgIpc) is 2.53. The van der Waals surface area contributed by atoms with Crippen molar-refractivity contribution in [3.8, 4) is 5.75 Å². The fourth-order valence-corrected chi connectivity index (χ4v) is 2.54. The van der Waals surface area contributed by atoms with Crippen molar-refractivity contribution in [2.24, 2.45) is 0 Å². The topological polar surface area (TPSA) is 22.1 Å². The minimum absolute atomic E-state index is 0.122. The van der Waals surface area contributed by atoms with E-state index >= 15 is 0 Å². The first-order chi connectivity index (χ1) is 10.9. The Hall–Kier alpha value is -2.42. The molecule has 0 aliphatic rings. The molecule has 0 N–H and O–H groups in total. The Bertz CT molecular complexity index is 819. The van der Waals surface area contributed by atoms with Crippen molar-refractivity contribution in [1.29, 1.82) is 0 Å². The van der Waals surface area contributed by atoms with Gasteiger partial charge in [-0.1, -0.05) is 45.0 Å². The number of ether oxygens (including phenoxy) is 1. The van der Waals surface area contributed by atoms with E-state index in [1.807, 2.05) is 24.3 Å². The largest absolute Gasteiger partial charge is 0.489 e. The van der Waals surface area contributed by atoms with Gasteiger partial charge in [0.05, 0.1) is 0 Å². The lowest BCUT2D eigenvalue weighted by molar-refractivity contribution is 0.307. The van der Waals surface area contributed by atoms with Crippen molar-refractivity contribution < 1.29 is 9.13 Å². The van der Waals surface area contributed by atoms with Gasteiger partial charge >= 0.3 is 0 Å². The van der Waals surface area contributed by atoms with Crippen molar-refractivity contribution >= 4 is 10.9 Å². The van der Waals surface area contributed by atoms with Crippen LogP contribution < -0.4 is 4.74 Å². The summed E-state index contributed by atoms with van der Waals surface area (Å²) in [6.07, 6.45) is 1.62. The molecule has 0 saturated carbocycles. The second kappa shape index (κ2) is 5.99. The zero-order valence-corrected chi connectivity index (χ0v) is 13.6. The predicted molar refractivity (Wildman–Crippen MR) is 91.2 cm³/mol. The molecule has 0 bridgehead atoms. The van der Waals surface area contributed by atoms with Crippen molar-refractivity contribution in [2.45, 2.75) is 32.8 Å². The average molecular weight is 309 g/mol. The maximum atomic E-state index is 13.8. The molecule has 0 radical (unpaired) electrons. The number of nitrogens with zero attached hydrogens (tertiary/aromatic N) is 1. The second-order valence-corrected chi connectivity index (χ2v) is 6.67. The van der Waals surface area contributed by atoms with Gasteiger partial charge in [-0.05, 0) is 35.2 Å². The molecule has 0 atom stereocenters. The summed E-state index contributed by atoms with van der Waals surface area (Å²) < 4.78 is 19.6. The Balaban J connectivity index is 1.80. The summed E-state index contributed by atoms with van der Waals surface area (Å²) >= 11 is 0. The standard InChI is InChI=1S/C20H20FNO/c1-20(2,3)15-7-9-16(10-8-15)23-13-14-11-12-22-19-17(14)5-4-6-18(19)21/h4-12H,13H2,1-3H3. The number of fused-ring (bicyclic) bond motifs is 1. The number of hydrogen-bond donors (Lipinski definition) is 0. The van der Waals surface area contributed by atoms with Crippen LogP contribution in [0.2, 0.25) is 0 Å². The Labute approximate surface area is 135 Å². The van der Waals surface area contributed by atoms with Crippen molar-refractivity contribution in [2.75, 3.05) is 0 Å². The fraction of sp³-hybridized carbons (Fsp3) is 0.250. The number of para-hydroxylation sites is 1. The summed E-state index contributed by atoms with van der Waals surface area (Å²) in [6, 6.07) is 15.0. The van der Waals surface area contributed by atoms with E-state index in [-0.39, 0.29) is 11.2 Å². The van der Waals surface area contributed by atoms with E-state index in [1.165, 1.54) is 11.6 Å². The Kier molecular flexibility index (Phi) is 4.03. The summed E-state index contributed by atoms with van der Waals surface area (Å²) in [5.74, 6) is 0.498. The molecule has 0 saturated heterocycles. The van der Waals surface area contributed by atoms with Gasteiger partial charge in [0, 0.05) is 17.1 Å². The minimum atomic E-state index is -0.307. The minimum Gasteiger partial charge on any atom is -0.489 e. The van der Waals surface area contributed by atoms with E-state index in [1.54, 1.807) is 12.3 Å². The van der Waals surface area contributed by atoms with E-state index in [9.17, 15) is 4.39 Å². The zero-order chi connectivity index (χ0) is 16.4. The van der Waals surface area contributed by atoms with Gasteiger partial charge in [0.2, 0.25) is 0 Å². The highest BCUT2D eigenvalue weighted by Gasteiger charge is 2.13. The molecule has 0 aliphatic carbocycles. The number of halogens is 1. The number of pyridine rings is 1. The molecule has 0 spiro atoms. The molecule has 1 aromatic heterocycles. The van der Waals surface area contributed by atoms with Gasteiger partial charge in [-0.2, -0.15) is 0 Å². The summed E-state index contributed by atoms with van der Waals surface area (Å²) in [4.78, 5) is 4.10. The maximum absolute atomic E-state index is 13.8. The molecule has 0 fully saturated rings. The highest BCUT2D eigenvalue weighted by molar-refractivity contribution is 5.82. The van der Waals surface area contributed by atoms with Gasteiger partial charge in [-0.3, -0.25) is 4.98 Å². The lowest BCUT2D eigenvalue weighted by Gasteiger charge is -2.19. The lowest BCUT2D eigenvalue weighted by atomic mass is 9.87. The van der Waals surface area contributed by atoms with Crippen LogP contribution in [0.1, 0.15) is 31.9 Å². The second-order valence-electron chi connectivity index (χ2n) is 6.67.